The summed E-state index contributed by atoms with van der Waals surface area (Å²) < 4.78 is 43.0. The lowest BCUT2D eigenvalue weighted by Gasteiger charge is -2.15. The van der Waals surface area contributed by atoms with Gasteiger partial charge >= 0.3 is 4.87 Å². The summed E-state index contributed by atoms with van der Waals surface area (Å²) in [4.78, 5) is 27.2. The van der Waals surface area contributed by atoms with Crippen molar-refractivity contribution in [1.29, 1.82) is 0 Å². The number of benzene rings is 2. The number of carbonyl (C=O) groups excluding carboxylic acids is 1. The second-order valence-electron chi connectivity index (χ2n) is 7.40. The highest BCUT2D eigenvalue weighted by Crippen LogP contribution is 2.29. The first-order valence-electron chi connectivity index (χ1n) is 11.5. The number of para-hydroxylation sites is 1. The molecule has 4 rings (SSSR count). The monoisotopic (exact) mass is 534 g/mol. The maximum Gasteiger partial charge on any atom is 0.322 e. The minimum Gasteiger partial charge on any atom is -0.489 e. The summed E-state index contributed by atoms with van der Waals surface area (Å²) in [6.45, 7) is 5.23. The van der Waals surface area contributed by atoms with E-state index in [0.29, 0.717) is 47.5 Å². The molecular formula is C26H29F3N4O3S. The zero-order valence-electron chi connectivity index (χ0n) is 21.0. The molecule has 1 amide bonds. The van der Waals surface area contributed by atoms with E-state index in [2.05, 4.69) is 20.5 Å². The molecule has 0 unspecified atom stereocenters. The maximum atomic E-state index is 13.9. The van der Waals surface area contributed by atoms with Gasteiger partial charge in [-0.3, -0.25) is 14.0 Å². The number of nitrogens with zero attached hydrogens (tertiary/aromatic N) is 2. The van der Waals surface area contributed by atoms with Crippen molar-refractivity contribution in [1.82, 2.24) is 20.5 Å². The summed E-state index contributed by atoms with van der Waals surface area (Å²) in [5, 5.41) is 10.3. The van der Waals surface area contributed by atoms with Crippen LogP contribution in [0.3, 0.4) is 0 Å². The number of aromatic amines is 1. The molecule has 11 heteroatoms. The highest BCUT2D eigenvalue weighted by molar-refractivity contribution is 7.08. The standard InChI is InChI=1S/C23H20F2N4O3S.C2H6.CH3F/c1-23(24,25)19-12-15(17-4-2-3-5-18(17)27-19)13-32-16-8-6-14(7-9-16)21(30)26-11-10-20-28-29-22(31)33-20;2*1-2/h2-9,12H,10-11,13H2,1H3,(H,26,30)(H,29,31);1-2H3;1H3. The number of amides is 1. The van der Waals surface area contributed by atoms with Gasteiger partial charge in [-0.25, -0.2) is 10.1 Å². The first kappa shape index (κ1) is 29.5. The Hall–Kier alpha value is -3.73. The van der Waals surface area contributed by atoms with E-state index < -0.39 is 5.92 Å². The van der Waals surface area contributed by atoms with E-state index >= 15 is 0 Å². The van der Waals surface area contributed by atoms with Crippen molar-refractivity contribution in [3.8, 4) is 5.75 Å². The third-order valence-electron chi connectivity index (χ3n) is 4.87. The van der Waals surface area contributed by atoms with Crippen LogP contribution in [0.1, 0.15) is 47.4 Å². The van der Waals surface area contributed by atoms with Crippen molar-refractivity contribution < 1.29 is 22.7 Å². The number of hydrogen-bond acceptors (Lipinski definition) is 6. The number of halogens is 3. The van der Waals surface area contributed by atoms with Gasteiger partial charge in [0.15, 0.2) is 0 Å². The van der Waals surface area contributed by atoms with Gasteiger partial charge < -0.3 is 10.1 Å². The van der Waals surface area contributed by atoms with Gasteiger partial charge in [-0.15, -0.1) is 0 Å². The Kier molecular flexibility index (Phi) is 11.3. The Balaban J connectivity index is 0.00000115. The van der Waals surface area contributed by atoms with Gasteiger partial charge in [-0.2, -0.15) is 13.9 Å². The number of alkyl halides is 3. The van der Waals surface area contributed by atoms with Crippen molar-refractivity contribution in [3.63, 3.8) is 0 Å². The number of fused-ring (bicyclic) bond motifs is 1. The molecule has 37 heavy (non-hydrogen) atoms. The van der Waals surface area contributed by atoms with Gasteiger partial charge in [-0.05, 0) is 36.4 Å². The first-order chi connectivity index (χ1) is 17.8. The van der Waals surface area contributed by atoms with Crippen LogP contribution in [0.15, 0.2) is 59.4 Å². The fourth-order valence-electron chi connectivity index (χ4n) is 3.21. The Bertz CT molecular complexity index is 1340. The van der Waals surface area contributed by atoms with E-state index in [1.54, 1.807) is 36.4 Å². The Morgan fingerprint density at radius 2 is 1.78 bits per heavy atom. The SMILES string of the molecule is CC.CC(F)(F)c1cc(COc2ccc(C(=O)NCCc3n[nH]c(=O)s3)cc2)c2ccccc2n1.CF. The number of rotatable bonds is 8. The van der Waals surface area contributed by atoms with Crippen LogP contribution in [0.5, 0.6) is 5.75 Å². The van der Waals surface area contributed by atoms with Crippen molar-refractivity contribution in [2.24, 2.45) is 0 Å². The molecule has 0 aliphatic carbocycles. The molecule has 2 aromatic heterocycles. The minimum atomic E-state index is -3.07. The van der Waals surface area contributed by atoms with E-state index in [4.69, 9.17) is 4.74 Å². The number of aromatic nitrogens is 3. The molecule has 0 aliphatic heterocycles. The second kappa shape index (κ2) is 14.1. The van der Waals surface area contributed by atoms with E-state index in [9.17, 15) is 22.8 Å². The van der Waals surface area contributed by atoms with Crippen LogP contribution in [-0.4, -0.2) is 34.8 Å². The van der Waals surface area contributed by atoms with Crippen LogP contribution in [0.2, 0.25) is 0 Å². The number of hydrogen-bond donors (Lipinski definition) is 2. The molecule has 0 atom stereocenters. The fourth-order valence-corrected chi connectivity index (χ4v) is 3.81. The Morgan fingerprint density at radius 1 is 1.11 bits per heavy atom. The van der Waals surface area contributed by atoms with Crippen LogP contribution in [0.4, 0.5) is 13.2 Å². The van der Waals surface area contributed by atoms with Gasteiger partial charge in [0, 0.05) is 36.4 Å². The number of ether oxygens (including phenoxy) is 1. The third kappa shape index (κ3) is 8.42. The molecule has 4 aromatic rings. The van der Waals surface area contributed by atoms with Crippen molar-refractivity contribution in [2.45, 2.75) is 39.7 Å². The second-order valence-corrected chi connectivity index (χ2v) is 8.44. The Labute approximate surface area is 216 Å². The van der Waals surface area contributed by atoms with Crippen LogP contribution >= 0.6 is 11.3 Å². The van der Waals surface area contributed by atoms with Crippen LogP contribution in [0, 0.1) is 0 Å². The molecule has 2 aromatic carbocycles. The molecule has 0 spiro atoms. The minimum absolute atomic E-state index is 0.0736. The largest absolute Gasteiger partial charge is 0.489 e. The molecule has 0 bridgehead atoms. The number of pyridine rings is 1. The molecule has 0 saturated heterocycles. The lowest BCUT2D eigenvalue weighted by Crippen LogP contribution is -2.25. The molecule has 0 fully saturated rings. The Morgan fingerprint density at radius 3 is 2.41 bits per heavy atom. The fraction of sp³-hybridized carbons (Fsp3) is 0.308. The smallest absolute Gasteiger partial charge is 0.322 e. The normalized spacial score (nSPS) is 10.6. The summed E-state index contributed by atoms with van der Waals surface area (Å²) in [7, 11) is 0.500. The first-order valence-corrected chi connectivity index (χ1v) is 12.3. The number of nitrogens with one attached hydrogen (secondary N) is 2. The zero-order chi connectivity index (χ0) is 27.4. The molecule has 0 aliphatic rings. The van der Waals surface area contributed by atoms with Crippen LogP contribution in [-0.2, 0) is 19.0 Å². The lowest BCUT2D eigenvalue weighted by molar-refractivity contribution is 0.0129. The highest BCUT2D eigenvalue weighted by atomic mass is 32.1. The van der Waals surface area contributed by atoms with E-state index in [0.717, 1.165) is 23.6 Å². The van der Waals surface area contributed by atoms with Crippen molar-refractivity contribution in [3.05, 3.63) is 86.1 Å². The highest BCUT2D eigenvalue weighted by Gasteiger charge is 2.27. The van der Waals surface area contributed by atoms with Crippen molar-refractivity contribution >= 4 is 28.1 Å². The molecule has 0 radical (unpaired) electrons. The summed E-state index contributed by atoms with van der Waals surface area (Å²) in [6.07, 6.45) is 0.453. The van der Waals surface area contributed by atoms with E-state index in [1.165, 1.54) is 6.07 Å². The van der Waals surface area contributed by atoms with Gasteiger partial charge in [0.1, 0.15) is 23.1 Å². The molecule has 0 saturated carbocycles. The summed E-state index contributed by atoms with van der Waals surface area (Å²) in [6, 6.07) is 15.0. The van der Waals surface area contributed by atoms with Crippen LogP contribution < -0.4 is 14.9 Å². The molecule has 7 nitrogen and oxygen atoms in total. The van der Waals surface area contributed by atoms with Gasteiger partial charge in [0.05, 0.1) is 12.7 Å². The average Bonchev–Trinajstić information content (AvgIpc) is 3.34. The molecule has 198 valence electrons. The van der Waals surface area contributed by atoms with E-state index in [-0.39, 0.29) is 23.1 Å². The predicted molar refractivity (Wildman–Crippen MR) is 139 cm³/mol. The number of carbonyl (C=O) groups is 1. The van der Waals surface area contributed by atoms with Crippen LogP contribution in [0.25, 0.3) is 10.9 Å². The lowest BCUT2D eigenvalue weighted by atomic mass is 10.1. The average molecular weight is 535 g/mol. The van der Waals surface area contributed by atoms with Gasteiger partial charge in [0.2, 0.25) is 0 Å². The predicted octanol–water partition coefficient (Wildman–Crippen LogP) is 5.65. The number of H-pyrrole nitrogens is 1. The van der Waals surface area contributed by atoms with Crippen molar-refractivity contribution in [2.75, 3.05) is 13.7 Å². The zero-order valence-corrected chi connectivity index (χ0v) is 21.8. The summed E-state index contributed by atoms with van der Waals surface area (Å²) in [5.41, 5.74) is 1.21. The quantitative estimate of drug-likeness (QED) is 0.304. The molecule has 2 N–H and O–H groups in total. The van der Waals surface area contributed by atoms with Gasteiger partial charge in [0.25, 0.3) is 11.8 Å². The summed E-state index contributed by atoms with van der Waals surface area (Å²) in [5.74, 6) is -2.83. The van der Waals surface area contributed by atoms with Gasteiger partial charge in [-0.1, -0.05) is 43.4 Å². The third-order valence-corrected chi connectivity index (χ3v) is 5.68. The molecular weight excluding hydrogens is 505 g/mol. The molecule has 2 heterocycles. The summed E-state index contributed by atoms with van der Waals surface area (Å²) >= 11 is 1.01. The maximum absolute atomic E-state index is 13.9. The van der Waals surface area contributed by atoms with E-state index in [1.807, 2.05) is 26.0 Å². The topological polar surface area (TPSA) is 97.0 Å².